The minimum absolute atomic E-state index is 0.0474. The summed E-state index contributed by atoms with van der Waals surface area (Å²) >= 11 is 0. The number of rotatable bonds is 3. The Morgan fingerprint density at radius 1 is 1.52 bits per heavy atom. The molecule has 0 aromatic heterocycles. The van der Waals surface area contributed by atoms with Gasteiger partial charge >= 0.3 is 12.0 Å². The zero-order chi connectivity index (χ0) is 15.4. The first-order chi connectivity index (χ1) is 10.0. The first kappa shape index (κ1) is 15.2. The monoisotopic (exact) mass is 296 g/mol. The number of hydrogen-bond donors (Lipinski definition) is 2. The van der Waals surface area contributed by atoms with Crippen molar-refractivity contribution < 1.29 is 23.8 Å². The Morgan fingerprint density at radius 2 is 2.29 bits per heavy atom. The van der Waals surface area contributed by atoms with Crippen molar-refractivity contribution in [3.8, 4) is 0 Å². The maximum absolute atomic E-state index is 13.3. The van der Waals surface area contributed by atoms with Crippen LogP contribution in [0.3, 0.4) is 0 Å². The second-order valence-electron chi connectivity index (χ2n) is 4.76. The van der Waals surface area contributed by atoms with Crippen molar-refractivity contribution in [3.05, 3.63) is 29.6 Å². The SMILES string of the molecule is CCC1COCCN1C(=O)Nc1cc(F)ccc1C(=O)O. The van der Waals surface area contributed by atoms with Crippen molar-refractivity contribution in [1.29, 1.82) is 0 Å². The Hall–Kier alpha value is -2.15. The number of urea groups is 1. The van der Waals surface area contributed by atoms with Crippen LogP contribution < -0.4 is 5.32 Å². The van der Waals surface area contributed by atoms with Crippen molar-refractivity contribution in [2.45, 2.75) is 19.4 Å². The highest BCUT2D eigenvalue weighted by molar-refractivity contribution is 6.00. The topological polar surface area (TPSA) is 78.9 Å². The van der Waals surface area contributed by atoms with Gasteiger partial charge in [0.1, 0.15) is 5.82 Å². The summed E-state index contributed by atoms with van der Waals surface area (Å²) in [6.45, 7) is 3.23. The van der Waals surface area contributed by atoms with E-state index in [-0.39, 0.29) is 17.3 Å². The van der Waals surface area contributed by atoms with Gasteiger partial charge in [-0.05, 0) is 24.6 Å². The third kappa shape index (κ3) is 3.49. The number of carbonyl (C=O) groups is 2. The summed E-state index contributed by atoms with van der Waals surface area (Å²) in [5.74, 6) is -1.83. The van der Waals surface area contributed by atoms with Gasteiger partial charge in [0.15, 0.2) is 0 Å². The van der Waals surface area contributed by atoms with Crippen molar-refractivity contribution >= 4 is 17.7 Å². The predicted molar refractivity (Wildman–Crippen MR) is 74.0 cm³/mol. The van der Waals surface area contributed by atoms with E-state index in [1.807, 2.05) is 6.92 Å². The van der Waals surface area contributed by atoms with Crippen LogP contribution in [0, 0.1) is 5.82 Å². The van der Waals surface area contributed by atoms with Gasteiger partial charge in [-0.1, -0.05) is 6.92 Å². The van der Waals surface area contributed by atoms with E-state index in [1.54, 1.807) is 4.90 Å². The number of aromatic carboxylic acids is 1. The molecule has 6 nitrogen and oxygen atoms in total. The number of amides is 2. The molecule has 0 bridgehead atoms. The molecule has 7 heteroatoms. The van der Waals surface area contributed by atoms with Crippen LogP contribution in [0.1, 0.15) is 23.7 Å². The van der Waals surface area contributed by atoms with Crippen molar-refractivity contribution in [2.75, 3.05) is 25.1 Å². The molecule has 2 amide bonds. The highest BCUT2D eigenvalue weighted by atomic mass is 19.1. The van der Waals surface area contributed by atoms with E-state index in [2.05, 4.69) is 5.32 Å². The van der Waals surface area contributed by atoms with Crippen LogP contribution in [0.4, 0.5) is 14.9 Å². The van der Waals surface area contributed by atoms with Gasteiger partial charge in [0.25, 0.3) is 0 Å². The average molecular weight is 296 g/mol. The second kappa shape index (κ2) is 6.53. The van der Waals surface area contributed by atoms with Crippen LogP contribution >= 0.6 is 0 Å². The summed E-state index contributed by atoms with van der Waals surface area (Å²) < 4.78 is 18.6. The van der Waals surface area contributed by atoms with E-state index >= 15 is 0 Å². The molecule has 0 saturated carbocycles. The molecule has 1 aromatic carbocycles. The molecule has 2 rings (SSSR count). The number of carboxylic acid groups (broad SMARTS) is 1. The van der Waals surface area contributed by atoms with Crippen molar-refractivity contribution in [3.63, 3.8) is 0 Å². The number of halogens is 1. The number of carboxylic acids is 1. The lowest BCUT2D eigenvalue weighted by Crippen LogP contribution is -2.50. The molecule has 1 unspecified atom stereocenters. The number of nitrogens with one attached hydrogen (secondary N) is 1. The van der Waals surface area contributed by atoms with E-state index in [9.17, 15) is 14.0 Å². The fourth-order valence-corrected chi connectivity index (χ4v) is 2.25. The molecule has 1 aromatic rings. The van der Waals surface area contributed by atoms with E-state index in [0.29, 0.717) is 19.8 Å². The molecule has 0 radical (unpaired) electrons. The van der Waals surface area contributed by atoms with Gasteiger partial charge < -0.3 is 20.1 Å². The molecule has 0 aliphatic carbocycles. The van der Waals surface area contributed by atoms with Gasteiger partial charge in [-0.15, -0.1) is 0 Å². The number of carbonyl (C=O) groups excluding carboxylic acids is 1. The van der Waals surface area contributed by atoms with Crippen LogP contribution in [-0.4, -0.2) is 47.8 Å². The molecular weight excluding hydrogens is 279 g/mol. The summed E-state index contributed by atoms with van der Waals surface area (Å²) in [5.41, 5.74) is -0.195. The molecule has 1 atom stereocenters. The maximum Gasteiger partial charge on any atom is 0.337 e. The van der Waals surface area contributed by atoms with Crippen molar-refractivity contribution in [1.82, 2.24) is 4.90 Å². The summed E-state index contributed by atoms with van der Waals surface area (Å²) in [4.78, 5) is 25.0. The predicted octanol–water partition coefficient (Wildman–Crippen LogP) is 2.17. The van der Waals surface area contributed by atoms with Gasteiger partial charge in [0.2, 0.25) is 0 Å². The fraction of sp³-hybridized carbons (Fsp3) is 0.429. The Balaban J connectivity index is 2.18. The zero-order valence-electron chi connectivity index (χ0n) is 11.6. The number of morpholine rings is 1. The minimum atomic E-state index is -1.22. The van der Waals surface area contributed by atoms with Gasteiger partial charge in [-0.25, -0.2) is 14.0 Å². The molecule has 114 valence electrons. The van der Waals surface area contributed by atoms with E-state index < -0.39 is 17.8 Å². The number of ether oxygens (including phenoxy) is 1. The summed E-state index contributed by atoms with van der Waals surface area (Å²) in [6, 6.07) is 2.66. The van der Waals surface area contributed by atoms with Gasteiger partial charge in [-0.2, -0.15) is 0 Å². The maximum atomic E-state index is 13.3. The molecule has 1 fully saturated rings. The number of benzene rings is 1. The quantitative estimate of drug-likeness (QED) is 0.896. The molecule has 21 heavy (non-hydrogen) atoms. The van der Waals surface area contributed by atoms with E-state index in [1.165, 1.54) is 0 Å². The van der Waals surface area contributed by atoms with Gasteiger partial charge in [0, 0.05) is 6.54 Å². The van der Waals surface area contributed by atoms with Crippen LogP contribution in [0.25, 0.3) is 0 Å². The van der Waals surface area contributed by atoms with Crippen molar-refractivity contribution in [2.24, 2.45) is 0 Å². The normalized spacial score (nSPS) is 18.4. The highest BCUT2D eigenvalue weighted by Gasteiger charge is 2.26. The zero-order valence-corrected chi connectivity index (χ0v) is 11.6. The Bertz CT molecular complexity index is 550. The molecule has 2 N–H and O–H groups in total. The largest absolute Gasteiger partial charge is 0.478 e. The van der Waals surface area contributed by atoms with Crippen LogP contribution in [0.2, 0.25) is 0 Å². The summed E-state index contributed by atoms with van der Waals surface area (Å²) in [6.07, 6.45) is 0.725. The average Bonchev–Trinajstić information content (AvgIpc) is 2.46. The van der Waals surface area contributed by atoms with Crippen LogP contribution in [0.15, 0.2) is 18.2 Å². The lowest BCUT2D eigenvalue weighted by Gasteiger charge is -2.35. The fourth-order valence-electron chi connectivity index (χ4n) is 2.25. The first-order valence-corrected chi connectivity index (χ1v) is 6.71. The summed E-state index contributed by atoms with van der Waals surface area (Å²) in [7, 11) is 0. The standard InChI is InChI=1S/C14H17FN2O4/c1-2-10-8-21-6-5-17(10)14(20)16-12-7-9(15)3-4-11(12)13(18)19/h3-4,7,10H,2,5-6,8H2,1H3,(H,16,20)(H,18,19). The highest BCUT2D eigenvalue weighted by Crippen LogP contribution is 2.19. The van der Waals surface area contributed by atoms with Crippen LogP contribution in [-0.2, 0) is 4.74 Å². The molecule has 1 saturated heterocycles. The lowest BCUT2D eigenvalue weighted by molar-refractivity contribution is 0.0144. The van der Waals surface area contributed by atoms with Crippen LogP contribution in [0.5, 0.6) is 0 Å². The number of nitrogens with zero attached hydrogens (tertiary/aromatic N) is 1. The number of anilines is 1. The first-order valence-electron chi connectivity index (χ1n) is 6.71. The Kier molecular flexibility index (Phi) is 4.74. The van der Waals surface area contributed by atoms with E-state index in [0.717, 1.165) is 24.6 Å². The lowest BCUT2D eigenvalue weighted by atomic mass is 10.1. The molecule has 1 aliphatic rings. The smallest absolute Gasteiger partial charge is 0.337 e. The molecular formula is C14H17FN2O4. The summed E-state index contributed by atoms with van der Waals surface area (Å²) in [5, 5.41) is 11.5. The second-order valence-corrected chi connectivity index (χ2v) is 4.76. The van der Waals surface area contributed by atoms with E-state index in [4.69, 9.17) is 9.84 Å². The molecule has 0 spiro atoms. The van der Waals surface area contributed by atoms with Gasteiger partial charge in [0.05, 0.1) is 30.5 Å². The molecule has 1 heterocycles. The third-order valence-electron chi connectivity index (χ3n) is 3.41. The van der Waals surface area contributed by atoms with Gasteiger partial charge in [-0.3, -0.25) is 0 Å². The minimum Gasteiger partial charge on any atom is -0.478 e. The Labute approximate surface area is 121 Å². The Morgan fingerprint density at radius 3 is 2.95 bits per heavy atom. The third-order valence-corrected chi connectivity index (χ3v) is 3.41. The number of hydrogen-bond acceptors (Lipinski definition) is 3. The molecule has 1 aliphatic heterocycles.